The van der Waals surface area contributed by atoms with Crippen LogP contribution in [0.2, 0.25) is 0 Å². The normalized spacial score (nSPS) is 16.7. The summed E-state index contributed by atoms with van der Waals surface area (Å²) in [5, 5.41) is 0. The van der Waals surface area contributed by atoms with E-state index in [2.05, 4.69) is 97.9 Å². The first kappa shape index (κ1) is 31.2. The zero-order valence-electron chi connectivity index (χ0n) is 24.6. The molecule has 0 saturated carbocycles. The molecule has 0 unspecified atom stereocenters. The lowest BCUT2D eigenvalue weighted by atomic mass is 9.88. The lowest BCUT2D eigenvalue weighted by Crippen LogP contribution is -2.02. The van der Waals surface area contributed by atoms with Crippen LogP contribution in [0, 0.1) is 5.92 Å². The Bertz CT molecular complexity index is 827. The minimum absolute atomic E-state index is 0.717. The van der Waals surface area contributed by atoms with Crippen LogP contribution in [0.5, 0.6) is 0 Å². The molecule has 0 saturated heterocycles. The largest absolute Gasteiger partial charge is 0.0856 e. The number of rotatable bonds is 16. The highest BCUT2D eigenvalue weighted by Gasteiger charge is 2.10. The predicted octanol–water partition coefficient (Wildman–Crippen LogP) is 11.9. The Morgan fingerprint density at radius 1 is 0.629 bits per heavy atom. The predicted molar refractivity (Wildman–Crippen MR) is 161 cm³/mol. The summed E-state index contributed by atoms with van der Waals surface area (Å²) < 4.78 is 0. The van der Waals surface area contributed by atoms with Crippen molar-refractivity contribution < 1.29 is 0 Å². The second-order valence-electron chi connectivity index (χ2n) is 11.4. The van der Waals surface area contributed by atoms with Gasteiger partial charge in [-0.3, -0.25) is 0 Å². The van der Waals surface area contributed by atoms with Gasteiger partial charge in [-0.15, -0.1) is 0 Å². The van der Waals surface area contributed by atoms with Gasteiger partial charge in [-0.25, -0.2) is 0 Å². The maximum Gasteiger partial charge on any atom is -0.0133 e. The van der Waals surface area contributed by atoms with Crippen LogP contribution >= 0.6 is 0 Å². The molecule has 1 atom stereocenters. The van der Waals surface area contributed by atoms with E-state index >= 15 is 0 Å². The van der Waals surface area contributed by atoms with Crippen molar-refractivity contribution in [1.29, 1.82) is 0 Å². The molecule has 0 N–H and O–H groups in total. The average molecular weight is 477 g/mol. The Hall–Kier alpha value is -1.82. The molecule has 0 heteroatoms. The van der Waals surface area contributed by atoms with E-state index in [4.69, 9.17) is 0 Å². The molecule has 0 radical (unpaired) electrons. The molecule has 196 valence electrons. The molecule has 0 aromatic rings. The highest BCUT2D eigenvalue weighted by Crippen LogP contribution is 2.26. The first-order chi connectivity index (χ1) is 16.7. The third kappa shape index (κ3) is 16.5. The van der Waals surface area contributed by atoms with Gasteiger partial charge < -0.3 is 0 Å². The Labute approximate surface area is 219 Å². The van der Waals surface area contributed by atoms with Gasteiger partial charge >= 0.3 is 0 Å². The topological polar surface area (TPSA) is 0 Å². The Morgan fingerprint density at radius 2 is 1.06 bits per heavy atom. The first-order valence-electron chi connectivity index (χ1n) is 14.3. The van der Waals surface area contributed by atoms with Crippen LogP contribution < -0.4 is 0 Å². The standard InChI is InChI=1S/C35H56/c1-28(2)14-9-15-29(3)16-10-17-30(4)18-11-19-31(5)20-12-21-32(6)22-13-23-34(8)35-26-24-33(7)25-27-35/h14,16,18,20,22,24,27,34H,9-13,15,17,19,21,23,25-26H2,1-8H3/t34-/m0/s1. The number of hydrogen-bond acceptors (Lipinski definition) is 0. The van der Waals surface area contributed by atoms with Gasteiger partial charge in [0.05, 0.1) is 0 Å². The summed E-state index contributed by atoms with van der Waals surface area (Å²) in [5.74, 6) is 0.717. The van der Waals surface area contributed by atoms with Gasteiger partial charge in [0, 0.05) is 0 Å². The Kier molecular flexibility index (Phi) is 16.5. The van der Waals surface area contributed by atoms with Crippen LogP contribution in [0.4, 0.5) is 0 Å². The van der Waals surface area contributed by atoms with Crippen molar-refractivity contribution in [3.63, 3.8) is 0 Å². The lowest BCUT2D eigenvalue weighted by molar-refractivity contribution is 0.602. The highest BCUT2D eigenvalue weighted by molar-refractivity contribution is 5.22. The van der Waals surface area contributed by atoms with E-state index in [0.29, 0.717) is 0 Å². The van der Waals surface area contributed by atoms with Crippen molar-refractivity contribution in [1.82, 2.24) is 0 Å². The van der Waals surface area contributed by atoms with Crippen LogP contribution in [-0.2, 0) is 0 Å². The molecule has 0 aromatic carbocycles. The van der Waals surface area contributed by atoms with E-state index < -0.39 is 0 Å². The third-order valence-electron chi connectivity index (χ3n) is 7.28. The molecule has 0 aromatic heterocycles. The fraction of sp³-hybridized carbons (Fsp3) is 0.600. The summed E-state index contributed by atoms with van der Waals surface area (Å²) in [6.45, 7) is 18.2. The first-order valence-corrected chi connectivity index (χ1v) is 14.3. The smallest absolute Gasteiger partial charge is 0.0133 e. The molecule has 0 aliphatic heterocycles. The molecule has 35 heavy (non-hydrogen) atoms. The minimum atomic E-state index is 0.717. The van der Waals surface area contributed by atoms with E-state index in [9.17, 15) is 0 Å². The van der Waals surface area contributed by atoms with Gasteiger partial charge in [-0.2, -0.15) is 0 Å². The summed E-state index contributed by atoms with van der Waals surface area (Å²) in [4.78, 5) is 0. The molecule has 1 rings (SSSR count). The lowest BCUT2D eigenvalue weighted by Gasteiger charge is -2.18. The molecule has 0 bridgehead atoms. The van der Waals surface area contributed by atoms with Gasteiger partial charge in [0.15, 0.2) is 0 Å². The summed E-state index contributed by atoms with van der Waals surface area (Å²) >= 11 is 0. The van der Waals surface area contributed by atoms with E-state index in [-0.39, 0.29) is 0 Å². The minimum Gasteiger partial charge on any atom is -0.0856 e. The summed E-state index contributed by atoms with van der Waals surface area (Å²) in [6, 6.07) is 0. The average Bonchev–Trinajstić information content (AvgIpc) is 2.79. The van der Waals surface area contributed by atoms with Crippen molar-refractivity contribution in [2.45, 2.75) is 132 Å². The number of hydrogen-bond donors (Lipinski definition) is 0. The van der Waals surface area contributed by atoms with E-state index in [1.165, 1.54) is 98.5 Å². The fourth-order valence-corrected chi connectivity index (χ4v) is 4.55. The monoisotopic (exact) mass is 476 g/mol. The zero-order valence-corrected chi connectivity index (χ0v) is 24.6. The van der Waals surface area contributed by atoms with E-state index in [1.807, 2.05) is 0 Å². The second kappa shape index (κ2) is 18.4. The SMILES string of the molecule is CC(C)=CCCC(C)=CCCC(C)=CCCC(C)=CCCC(C)=CCC[C@H](C)C1=CCC(C)=CC1. The molecule has 0 amide bonds. The molecule has 0 heterocycles. The van der Waals surface area contributed by atoms with Crippen LogP contribution in [0.3, 0.4) is 0 Å². The molecule has 0 nitrogen and oxygen atoms in total. The second-order valence-corrected chi connectivity index (χ2v) is 11.4. The fourth-order valence-electron chi connectivity index (χ4n) is 4.55. The quantitative estimate of drug-likeness (QED) is 0.194. The summed E-state index contributed by atoms with van der Waals surface area (Å²) in [5.41, 5.74) is 10.7. The van der Waals surface area contributed by atoms with Crippen LogP contribution in [-0.4, -0.2) is 0 Å². The maximum atomic E-state index is 2.48. The van der Waals surface area contributed by atoms with Crippen molar-refractivity contribution in [2.24, 2.45) is 5.92 Å². The van der Waals surface area contributed by atoms with Crippen LogP contribution in [0.15, 0.2) is 81.5 Å². The van der Waals surface area contributed by atoms with Crippen LogP contribution in [0.25, 0.3) is 0 Å². The molecule has 0 spiro atoms. The Balaban J connectivity index is 2.22. The number of allylic oxidation sites excluding steroid dienone is 14. The van der Waals surface area contributed by atoms with Crippen molar-refractivity contribution in [3.8, 4) is 0 Å². The molecule has 1 aliphatic rings. The van der Waals surface area contributed by atoms with Crippen molar-refractivity contribution in [2.75, 3.05) is 0 Å². The molecular formula is C35H56. The van der Waals surface area contributed by atoms with Gasteiger partial charge in [-0.1, -0.05) is 88.5 Å². The molecule has 1 aliphatic carbocycles. The molecule has 0 fully saturated rings. The van der Waals surface area contributed by atoms with Crippen LogP contribution in [0.1, 0.15) is 132 Å². The van der Waals surface area contributed by atoms with E-state index in [1.54, 1.807) is 11.1 Å². The summed E-state index contributed by atoms with van der Waals surface area (Å²) in [6.07, 6.45) is 31.3. The zero-order chi connectivity index (χ0) is 26.1. The van der Waals surface area contributed by atoms with E-state index in [0.717, 1.165) is 12.3 Å². The van der Waals surface area contributed by atoms with Gasteiger partial charge in [0.25, 0.3) is 0 Å². The highest BCUT2D eigenvalue weighted by atomic mass is 14.2. The van der Waals surface area contributed by atoms with Gasteiger partial charge in [-0.05, 0) is 131 Å². The maximum absolute atomic E-state index is 2.48. The Morgan fingerprint density at radius 3 is 1.46 bits per heavy atom. The molecular weight excluding hydrogens is 420 g/mol. The van der Waals surface area contributed by atoms with Gasteiger partial charge in [0.2, 0.25) is 0 Å². The third-order valence-corrected chi connectivity index (χ3v) is 7.28. The van der Waals surface area contributed by atoms with Crippen molar-refractivity contribution in [3.05, 3.63) is 81.5 Å². The summed E-state index contributed by atoms with van der Waals surface area (Å²) in [7, 11) is 0. The van der Waals surface area contributed by atoms with Crippen molar-refractivity contribution >= 4 is 0 Å². The van der Waals surface area contributed by atoms with Gasteiger partial charge in [0.1, 0.15) is 0 Å².